The van der Waals surface area contributed by atoms with Gasteiger partial charge in [-0.1, -0.05) is 25.3 Å². The summed E-state index contributed by atoms with van der Waals surface area (Å²) >= 11 is 0. The van der Waals surface area contributed by atoms with Crippen LogP contribution in [0.15, 0.2) is 18.2 Å². The number of nitrogens with two attached hydrogens (primary N) is 1. The predicted octanol–water partition coefficient (Wildman–Crippen LogP) is 2.70. The molecule has 1 aromatic rings. The number of carbonyl (C=O) groups excluding carboxylic acids is 1. The van der Waals surface area contributed by atoms with Crippen LogP contribution in [-0.4, -0.2) is 10.8 Å². The lowest BCUT2D eigenvalue weighted by Gasteiger charge is -2.21. The van der Waals surface area contributed by atoms with E-state index in [0.717, 1.165) is 25.7 Å². The molecule has 6 nitrogen and oxygen atoms in total. The van der Waals surface area contributed by atoms with E-state index in [1.165, 1.54) is 18.6 Å². The Morgan fingerprint density at radius 3 is 2.63 bits per heavy atom. The normalized spacial score (nSPS) is 16.0. The number of nitrogen functional groups attached to an aromatic ring is 1. The summed E-state index contributed by atoms with van der Waals surface area (Å²) < 4.78 is 0. The van der Waals surface area contributed by atoms with Crippen LogP contribution in [0.2, 0.25) is 0 Å². The van der Waals surface area contributed by atoms with Crippen LogP contribution in [0.5, 0.6) is 0 Å². The van der Waals surface area contributed by atoms with Crippen molar-refractivity contribution in [2.24, 2.45) is 5.92 Å². The Kier molecular flexibility index (Phi) is 3.99. The summed E-state index contributed by atoms with van der Waals surface area (Å²) in [6.07, 6.45) is 5.04. The first-order valence-electron chi connectivity index (χ1n) is 6.43. The smallest absolute Gasteiger partial charge is 0.294 e. The molecule has 0 aromatic heterocycles. The van der Waals surface area contributed by atoms with Gasteiger partial charge in [0.25, 0.3) is 5.69 Å². The number of hydrogen-bond acceptors (Lipinski definition) is 4. The highest BCUT2D eigenvalue weighted by Crippen LogP contribution is 2.30. The highest BCUT2D eigenvalue weighted by Gasteiger charge is 2.23. The number of amides is 1. The van der Waals surface area contributed by atoms with Crippen molar-refractivity contribution in [2.75, 3.05) is 11.1 Å². The van der Waals surface area contributed by atoms with E-state index in [1.807, 2.05) is 0 Å². The monoisotopic (exact) mass is 263 g/mol. The minimum atomic E-state index is -0.550. The van der Waals surface area contributed by atoms with Crippen LogP contribution < -0.4 is 11.1 Å². The Morgan fingerprint density at radius 2 is 2.00 bits per heavy atom. The Hall–Kier alpha value is -2.11. The molecule has 102 valence electrons. The number of anilines is 2. The molecule has 1 aliphatic carbocycles. The molecule has 1 fully saturated rings. The van der Waals surface area contributed by atoms with Crippen LogP contribution >= 0.6 is 0 Å². The molecule has 6 heteroatoms. The van der Waals surface area contributed by atoms with E-state index < -0.39 is 4.92 Å². The molecule has 0 heterocycles. The van der Waals surface area contributed by atoms with Gasteiger partial charge >= 0.3 is 0 Å². The summed E-state index contributed by atoms with van der Waals surface area (Å²) in [6, 6.07) is 4.43. The number of benzene rings is 1. The number of para-hydroxylation sites is 1. The lowest BCUT2D eigenvalue weighted by Crippen LogP contribution is -2.25. The molecular weight excluding hydrogens is 246 g/mol. The van der Waals surface area contributed by atoms with Crippen molar-refractivity contribution in [3.8, 4) is 0 Å². The zero-order valence-corrected chi connectivity index (χ0v) is 10.6. The molecule has 0 bridgehead atoms. The van der Waals surface area contributed by atoms with Crippen LogP contribution in [-0.2, 0) is 4.79 Å². The topological polar surface area (TPSA) is 98.3 Å². The van der Waals surface area contributed by atoms with Crippen molar-refractivity contribution in [1.29, 1.82) is 0 Å². The van der Waals surface area contributed by atoms with Gasteiger partial charge in [0, 0.05) is 12.0 Å². The first kappa shape index (κ1) is 13.3. The third-order valence-electron chi connectivity index (χ3n) is 3.51. The molecule has 0 aliphatic heterocycles. The van der Waals surface area contributed by atoms with Crippen molar-refractivity contribution in [1.82, 2.24) is 0 Å². The average Bonchev–Trinajstić information content (AvgIpc) is 2.41. The van der Waals surface area contributed by atoms with Gasteiger partial charge in [-0.05, 0) is 18.9 Å². The van der Waals surface area contributed by atoms with Crippen LogP contribution in [0.1, 0.15) is 32.1 Å². The third-order valence-corrected chi connectivity index (χ3v) is 3.51. The number of nitro benzene ring substituents is 1. The first-order valence-corrected chi connectivity index (χ1v) is 6.43. The highest BCUT2D eigenvalue weighted by atomic mass is 16.6. The van der Waals surface area contributed by atoms with E-state index in [4.69, 9.17) is 5.73 Å². The fraction of sp³-hybridized carbons (Fsp3) is 0.462. The quantitative estimate of drug-likeness (QED) is 0.497. The molecule has 0 spiro atoms. The van der Waals surface area contributed by atoms with Gasteiger partial charge in [-0.25, -0.2) is 0 Å². The molecule has 3 N–H and O–H groups in total. The SMILES string of the molecule is Nc1c(NC(=O)C2CCCCC2)cccc1[N+](=O)[O-]. The van der Waals surface area contributed by atoms with Gasteiger partial charge in [0.2, 0.25) is 5.91 Å². The van der Waals surface area contributed by atoms with Gasteiger partial charge in [0.1, 0.15) is 5.69 Å². The molecule has 1 saturated carbocycles. The molecule has 2 rings (SSSR count). The lowest BCUT2D eigenvalue weighted by atomic mass is 9.88. The summed E-state index contributed by atoms with van der Waals surface area (Å²) in [4.78, 5) is 22.3. The number of nitrogens with one attached hydrogen (secondary N) is 1. The summed E-state index contributed by atoms with van der Waals surface area (Å²) in [5.41, 5.74) is 5.86. The molecule has 0 atom stereocenters. The number of carbonyl (C=O) groups is 1. The van der Waals surface area contributed by atoms with Gasteiger partial charge in [-0.2, -0.15) is 0 Å². The third kappa shape index (κ3) is 3.01. The molecule has 1 aliphatic rings. The minimum Gasteiger partial charge on any atom is -0.391 e. The maximum absolute atomic E-state index is 12.1. The second-order valence-electron chi connectivity index (χ2n) is 4.82. The van der Waals surface area contributed by atoms with Crippen molar-refractivity contribution in [3.63, 3.8) is 0 Å². The van der Waals surface area contributed by atoms with Gasteiger partial charge in [0.15, 0.2) is 0 Å². The number of hydrogen-bond donors (Lipinski definition) is 2. The van der Waals surface area contributed by atoms with Crippen molar-refractivity contribution >= 4 is 23.0 Å². The number of nitro groups is 1. The molecule has 1 amide bonds. The van der Waals surface area contributed by atoms with Crippen molar-refractivity contribution in [2.45, 2.75) is 32.1 Å². The standard InChI is InChI=1S/C13H17N3O3/c14-12-10(7-4-8-11(12)16(18)19)15-13(17)9-5-2-1-3-6-9/h4,7-9H,1-3,5-6,14H2,(H,15,17). The van der Waals surface area contributed by atoms with Crippen LogP contribution in [0.4, 0.5) is 17.1 Å². The molecule has 0 radical (unpaired) electrons. The number of nitrogens with zero attached hydrogens (tertiary/aromatic N) is 1. The van der Waals surface area contributed by atoms with Crippen molar-refractivity contribution in [3.05, 3.63) is 28.3 Å². The predicted molar refractivity (Wildman–Crippen MR) is 72.7 cm³/mol. The Labute approximate surface area is 111 Å². The van der Waals surface area contributed by atoms with Gasteiger partial charge < -0.3 is 11.1 Å². The Bertz CT molecular complexity index is 496. The maximum Gasteiger partial charge on any atom is 0.294 e. The minimum absolute atomic E-state index is 0.00703. The molecule has 0 unspecified atom stereocenters. The highest BCUT2D eigenvalue weighted by molar-refractivity contribution is 5.96. The van der Waals surface area contributed by atoms with E-state index in [2.05, 4.69) is 5.32 Å². The second-order valence-corrected chi connectivity index (χ2v) is 4.82. The Morgan fingerprint density at radius 1 is 1.32 bits per heavy atom. The second kappa shape index (κ2) is 5.69. The first-order chi connectivity index (χ1) is 9.09. The fourth-order valence-electron chi connectivity index (χ4n) is 2.42. The lowest BCUT2D eigenvalue weighted by molar-refractivity contribution is -0.383. The van der Waals surface area contributed by atoms with E-state index in [1.54, 1.807) is 6.07 Å². The molecular formula is C13H17N3O3. The Balaban J connectivity index is 2.12. The van der Waals surface area contributed by atoms with Crippen LogP contribution in [0, 0.1) is 16.0 Å². The fourth-order valence-corrected chi connectivity index (χ4v) is 2.42. The van der Waals surface area contributed by atoms with Crippen LogP contribution in [0.3, 0.4) is 0 Å². The van der Waals surface area contributed by atoms with E-state index >= 15 is 0 Å². The van der Waals surface area contributed by atoms with E-state index in [9.17, 15) is 14.9 Å². The number of rotatable bonds is 3. The van der Waals surface area contributed by atoms with E-state index in [-0.39, 0.29) is 23.2 Å². The van der Waals surface area contributed by atoms with Gasteiger partial charge in [-0.3, -0.25) is 14.9 Å². The summed E-state index contributed by atoms with van der Waals surface area (Å²) in [5.74, 6) is -0.0979. The van der Waals surface area contributed by atoms with Crippen molar-refractivity contribution < 1.29 is 9.72 Å². The van der Waals surface area contributed by atoms with E-state index in [0.29, 0.717) is 5.69 Å². The molecule has 0 saturated heterocycles. The largest absolute Gasteiger partial charge is 0.391 e. The summed E-state index contributed by atoms with van der Waals surface area (Å²) in [5, 5.41) is 13.5. The van der Waals surface area contributed by atoms with Gasteiger partial charge in [-0.15, -0.1) is 0 Å². The van der Waals surface area contributed by atoms with Crippen LogP contribution in [0.25, 0.3) is 0 Å². The average molecular weight is 263 g/mol. The molecule has 19 heavy (non-hydrogen) atoms. The maximum atomic E-state index is 12.1. The zero-order chi connectivity index (χ0) is 13.8. The molecule has 1 aromatic carbocycles. The zero-order valence-electron chi connectivity index (χ0n) is 10.6. The van der Waals surface area contributed by atoms with Gasteiger partial charge in [0.05, 0.1) is 10.6 Å². The summed E-state index contributed by atoms with van der Waals surface area (Å²) in [6.45, 7) is 0. The summed E-state index contributed by atoms with van der Waals surface area (Å²) in [7, 11) is 0.